The smallest absolute Gasteiger partial charge is 0.328 e. The van der Waals surface area contributed by atoms with E-state index in [2.05, 4.69) is 15.0 Å². The molecule has 2 N–H and O–H groups in total. The summed E-state index contributed by atoms with van der Waals surface area (Å²) in [6, 6.07) is 4.69. The van der Waals surface area contributed by atoms with Crippen molar-refractivity contribution in [3.63, 3.8) is 0 Å². The number of ether oxygens (including phenoxy) is 1. The van der Waals surface area contributed by atoms with E-state index < -0.39 is 5.97 Å². The molecule has 0 atom stereocenters. The number of carbonyl (C=O) groups excluding carboxylic acids is 1. The maximum atomic E-state index is 12.0. The fourth-order valence-electron chi connectivity index (χ4n) is 1.64. The van der Waals surface area contributed by atoms with E-state index in [9.17, 15) is 9.59 Å². The molecule has 7 heteroatoms. The molecular formula is C14H12N2O5. The Morgan fingerprint density at radius 2 is 2.24 bits per heavy atom. The van der Waals surface area contributed by atoms with E-state index in [4.69, 9.17) is 9.84 Å². The van der Waals surface area contributed by atoms with E-state index in [1.54, 1.807) is 12.1 Å². The van der Waals surface area contributed by atoms with Crippen LogP contribution >= 0.6 is 0 Å². The van der Waals surface area contributed by atoms with Gasteiger partial charge in [0.05, 0.1) is 13.3 Å². The van der Waals surface area contributed by atoms with E-state index in [1.807, 2.05) is 0 Å². The number of hydrogen-bond donors (Lipinski definition) is 2. The molecule has 0 saturated carbocycles. The van der Waals surface area contributed by atoms with E-state index in [0.29, 0.717) is 22.6 Å². The van der Waals surface area contributed by atoms with Crippen molar-refractivity contribution in [1.82, 2.24) is 5.16 Å². The lowest BCUT2D eigenvalue weighted by Crippen LogP contribution is -2.11. The quantitative estimate of drug-likeness (QED) is 0.816. The minimum absolute atomic E-state index is 0.349. The molecule has 0 aliphatic heterocycles. The van der Waals surface area contributed by atoms with Crippen LogP contribution in [-0.2, 0) is 4.79 Å². The van der Waals surface area contributed by atoms with Gasteiger partial charge < -0.3 is 19.7 Å². The Balaban J connectivity index is 2.26. The first-order valence-electron chi connectivity index (χ1n) is 5.90. The summed E-state index contributed by atoms with van der Waals surface area (Å²) in [5.74, 6) is -0.990. The number of methoxy groups -OCH3 is 1. The van der Waals surface area contributed by atoms with Gasteiger partial charge in [-0.25, -0.2) is 4.79 Å². The van der Waals surface area contributed by atoms with Crippen molar-refractivity contribution in [1.29, 1.82) is 0 Å². The Hall–Kier alpha value is -3.09. The van der Waals surface area contributed by atoms with Gasteiger partial charge in [0.2, 0.25) is 0 Å². The molecule has 0 radical (unpaired) electrons. The van der Waals surface area contributed by atoms with Gasteiger partial charge in [-0.2, -0.15) is 0 Å². The molecule has 21 heavy (non-hydrogen) atoms. The Morgan fingerprint density at radius 1 is 1.43 bits per heavy atom. The second-order valence-electron chi connectivity index (χ2n) is 4.00. The van der Waals surface area contributed by atoms with Crippen LogP contribution in [0.2, 0.25) is 0 Å². The summed E-state index contributed by atoms with van der Waals surface area (Å²) in [6.45, 7) is 0. The predicted molar refractivity (Wildman–Crippen MR) is 74.1 cm³/mol. The summed E-state index contributed by atoms with van der Waals surface area (Å²) in [6.07, 6.45) is 5.00. The Labute approximate surface area is 119 Å². The molecule has 0 unspecified atom stereocenters. The first-order valence-corrected chi connectivity index (χ1v) is 5.90. The lowest BCUT2D eigenvalue weighted by atomic mass is 10.1. The van der Waals surface area contributed by atoms with Crippen LogP contribution in [0, 0.1) is 0 Å². The molecule has 1 amide bonds. The van der Waals surface area contributed by atoms with Gasteiger partial charge in [-0.3, -0.25) is 4.79 Å². The maximum absolute atomic E-state index is 12.0. The van der Waals surface area contributed by atoms with Gasteiger partial charge in [-0.15, -0.1) is 0 Å². The molecule has 2 aromatic rings. The van der Waals surface area contributed by atoms with Crippen LogP contribution in [0.25, 0.3) is 6.08 Å². The summed E-state index contributed by atoms with van der Waals surface area (Å²) < 4.78 is 9.73. The first-order chi connectivity index (χ1) is 10.1. The van der Waals surface area contributed by atoms with Gasteiger partial charge in [0.15, 0.2) is 0 Å². The molecule has 0 saturated heterocycles. The van der Waals surface area contributed by atoms with Crippen LogP contribution in [0.5, 0.6) is 5.75 Å². The van der Waals surface area contributed by atoms with E-state index >= 15 is 0 Å². The molecule has 0 aliphatic rings. The molecule has 0 spiro atoms. The first kappa shape index (κ1) is 14.3. The SMILES string of the molecule is COc1ccc(C(=O)Nc2cnoc2)cc1C=CC(=O)O. The highest BCUT2D eigenvalue weighted by molar-refractivity contribution is 6.04. The number of carboxylic acids is 1. The number of carboxylic acid groups (broad SMARTS) is 1. The molecule has 0 bridgehead atoms. The number of carbonyl (C=O) groups is 2. The lowest BCUT2D eigenvalue weighted by Gasteiger charge is -2.07. The van der Waals surface area contributed by atoms with Crippen LogP contribution in [-0.4, -0.2) is 29.2 Å². The third kappa shape index (κ3) is 3.69. The summed E-state index contributed by atoms with van der Waals surface area (Å²) in [5.41, 5.74) is 1.26. The molecule has 1 aromatic carbocycles. The van der Waals surface area contributed by atoms with E-state index in [0.717, 1.165) is 6.08 Å². The summed E-state index contributed by atoms with van der Waals surface area (Å²) in [4.78, 5) is 22.6. The lowest BCUT2D eigenvalue weighted by molar-refractivity contribution is -0.131. The minimum Gasteiger partial charge on any atom is -0.496 e. The predicted octanol–water partition coefficient (Wildman–Crippen LogP) is 2.03. The normalized spacial score (nSPS) is 10.5. The van der Waals surface area contributed by atoms with Crippen LogP contribution < -0.4 is 10.1 Å². The van der Waals surface area contributed by atoms with Gasteiger partial charge in [0.1, 0.15) is 17.7 Å². The van der Waals surface area contributed by atoms with Crippen molar-refractivity contribution in [2.45, 2.75) is 0 Å². The Bertz CT molecular complexity index is 677. The zero-order valence-corrected chi connectivity index (χ0v) is 11.1. The summed E-state index contributed by atoms with van der Waals surface area (Å²) in [5, 5.41) is 14.7. The molecule has 1 aromatic heterocycles. The van der Waals surface area contributed by atoms with E-state index in [1.165, 1.54) is 31.7 Å². The monoisotopic (exact) mass is 288 g/mol. The minimum atomic E-state index is -1.09. The van der Waals surface area contributed by atoms with Gasteiger partial charge in [0, 0.05) is 17.2 Å². The Morgan fingerprint density at radius 3 is 2.86 bits per heavy atom. The maximum Gasteiger partial charge on any atom is 0.328 e. The molecule has 1 heterocycles. The second kappa shape index (κ2) is 6.38. The van der Waals surface area contributed by atoms with Crippen molar-refractivity contribution in [3.05, 3.63) is 47.9 Å². The topological polar surface area (TPSA) is 102 Å². The standard InChI is InChI=1S/C14H12N2O5/c1-20-12-4-2-10(6-9(12)3-5-13(17)18)14(19)16-11-7-15-21-8-11/h2-8H,1H3,(H,16,19)(H,17,18). The third-order valence-corrected chi connectivity index (χ3v) is 2.59. The number of aliphatic carboxylic acids is 1. The number of nitrogens with one attached hydrogen (secondary N) is 1. The highest BCUT2D eigenvalue weighted by atomic mass is 16.5. The molecule has 0 aliphatic carbocycles. The second-order valence-corrected chi connectivity index (χ2v) is 4.00. The van der Waals surface area contributed by atoms with Crippen molar-refractivity contribution in [2.24, 2.45) is 0 Å². The van der Waals surface area contributed by atoms with Crippen LogP contribution in [0.4, 0.5) is 5.69 Å². The molecule has 2 rings (SSSR count). The molecule has 7 nitrogen and oxygen atoms in total. The number of nitrogens with zero attached hydrogens (tertiary/aromatic N) is 1. The summed E-state index contributed by atoms with van der Waals surface area (Å²) in [7, 11) is 1.46. The average molecular weight is 288 g/mol. The Kier molecular flexibility index (Phi) is 4.35. The average Bonchev–Trinajstić information content (AvgIpc) is 2.97. The number of hydrogen-bond acceptors (Lipinski definition) is 5. The van der Waals surface area contributed by atoms with Gasteiger partial charge in [0.25, 0.3) is 5.91 Å². The van der Waals surface area contributed by atoms with Gasteiger partial charge >= 0.3 is 5.97 Å². The van der Waals surface area contributed by atoms with Crippen molar-refractivity contribution < 1.29 is 24.0 Å². The number of anilines is 1. The number of amides is 1. The number of aromatic nitrogens is 1. The highest BCUT2D eigenvalue weighted by Crippen LogP contribution is 2.22. The highest BCUT2D eigenvalue weighted by Gasteiger charge is 2.10. The number of rotatable bonds is 5. The molecule has 108 valence electrons. The van der Waals surface area contributed by atoms with Crippen LogP contribution in [0.15, 0.2) is 41.3 Å². The van der Waals surface area contributed by atoms with E-state index in [-0.39, 0.29) is 5.91 Å². The zero-order valence-electron chi connectivity index (χ0n) is 11.1. The fraction of sp³-hybridized carbons (Fsp3) is 0.0714. The summed E-state index contributed by atoms with van der Waals surface area (Å²) >= 11 is 0. The molecular weight excluding hydrogens is 276 g/mol. The van der Waals surface area contributed by atoms with Crippen LogP contribution in [0.3, 0.4) is 0 Å². The third-order valence-electron chi connectivity index (χ3n) is 2.59. The fourth-order valence-corrected chi connectivity index (χ4v) is 1.64. The number of benzene rings is 1. The zero-order chi connectivity index (χ0) is 15.2. The van der Waals surface area contributed by atoms with Gasteiger partial charge in [-0.1, -0.05) is 5.16 Å². The van der Waals surface area contributed by atoms with Crippen molar-refractivity contribution in [2.75, 3.05) is 12.4 Å². The molecule has 0 fully saturated rings. The van der Waals surface area contributed by atoms with Crippen molar-refractivity contribution >= 4 is 23.6 Å². The van der Waals surface area contributed by atoms with Gasteiger partial charge in [-0.05, 0) is 24.3 Å². The largest absolute Gasteiger partial charge is 0.496 e. The van der Waals surface area contributed by atoms with Crippen LogP contribution in [0.1, 0.15) is 15.9 Å². The van der Waals surface area contributed by atoms with Crippen molar-refractivity contribution in [3.8, 4) is 5.75 Å².